The SMILES string of the molecule is CC(=O)C1=Cc2c(n(C)c3ccccc23)CC1. The van der Waals surface area contributed by atoms with Gasteiger partial charge in [0.25, 0.3) is 0 Å². The topological polar surface area (TPSA) is 22.0 Å². The summed E-state index contributed by atoms with van der Waals surface area (Å²) in [7, 11) is 2.10. The molecule has 0 spiro atoms. The number of aryl methyl sites for hydroxylation is 1. The van der Waals surface area contributed by atoms with Gasteiger partial charge in [0.1, 0.15) is 0 Å². The van der Waals surface area contributed by atoms with Crippen molar-refractivity contribution in [2.45, 2.75) is 19.8 Å². The van der Waals surface area contributed by atoms with Gasteiger partial charge < -0.3 is 4.57 Å². The van der Waals surface area contributed by atoms with Crippen LogP contribution >= 0.6 is 0 Å². The number of nitrogens with zero attached hydrogens (tertiary/aromatic N) is 1. The summed E-state index contributed by atoms with van der Waals surface area (Å²) in [5, 5.41) is 1.25. The lowest BCUT2D eigenvalue weighted by Gasteiger charge is -2.13. The lowest BCUT2D eigenvalue weighted by Crippen LogP contribution is -2.07. The molecule has 0 atom stereocenters. The van der Waals surface area contributed by atoms with Gasteiger partial charge in [0, 0.05) is 29.2 Å². The highest BCUT2D eigenvalue weighted by molar-refractivity contribution is 6.02. The van der Waals surface area contributed by atoms with E-state index in [0.29, 0.717) is 0 Å². The van der Waals surface area contributed by atoms with Crippen LogP contribution in [0.3, 0.4) is 0 Å². The molecule has 0 N–H and O–H groups in total. The van der Waals surface area contributed by atoms with E-state index >= 15 is 0 Å². The predicted molar refractivity (Wildman–Crippen MR) is 69.9 cm³/mol. The Labute approximate surface area is 101 Å². The molecule has 0 radical (unpaired) electrons. The van der Waals surface area contributed by atoms with Crippen LogP contribution in [0.4, 0.5) is 0 Å². The number of fused-ring (bicyclic) bond motifs is 3. The predicted octanol–water partition coefficient (Wildman–Crippen LogP) is 3.10. The molecule has 0 amide bonds. The van der Waals surface area contributed by atoms with E-state index in [-0.39, 0.29) is 5.78 Å². The van der Waals surface area contributed by atoms with Gasteiger partial charge in [-0.15, -0.1) is 0 Å². The van der Waals surface area contributed by atoms with Gasteiger partial charge in [-0.2, -0.15) is 0 Å². The lowest BCUT2D eigenvalue weighted by molar-refractivity contribution is -0.113. The fourth-order valence-corrected chi connectivity index (χ4v) is 2.72. The van der Waals surface area contributed by atoms with Crippen molar-refractivity contribution in [3.05, 3.63) is 41.1 Å². The third kappa shape index (κ3) is 1.44. The first-order valence-electron chi connectivity index (χ1n) is 5.96. The number of ketones is 1. The number of Topliss-reactive ketones (excluding diaryl/α,β-unsaturated/α-hetero) is 1. The van der Waals surface area contributed by atoms with Crippen LogP contribution in [0.15, 0.2) is 29.8 Å². The number of aromatic nitrogens is 1. The summed E-state index contributed by atoms with van der Waals surface area (Å²) in [6.07, 6.45) is 3.90. The Morgan fingerprint density at radius 1 is 1.24 bits per heavy atom. The van der Waals surface area contributed by atoms with E-state index in [4.69, 9.17) is 0 Å². The molecule has 1 heterocycles. The third-order valence-corrected chi connectivity index (χ3v) is 3.67. The second kappa shape index (κ2) is 3.59. The van der Waals surface area contributed by atoms with E-state index in [9.17, 15) is 4.79 Å². The van der Waals surface area contributed by atoms with Crippen molar-refractivity contribution in [2.75, 3.05) is 0 Å². The minimum absolute atomic E-state index is 0.198. The molecule has 0 saturated carbocycles. The normalized spacial score (nSPS) is 14.6. The van der Waals surface area contributed by atoms with Gasteiger partial charge in [0.15, 0.2) is 5.78 Å². The molecule has 86 valence electrons. The van der Waals surface area contributed by atoms with Gasteiger partial charge in [0.05, 0.1) is 0 Å². The molecule has 17 heavy (non-hydrogen) atoms. The molecule has 0 unspecified atom stereocenters. The molecular formula is C15H15NO. The Balaban J connectivity index is 2.33. The fourth-order valence-electron chi connectivity index (χ4n) is 2.72. The molecule has 0 aliphatic heterocycles. The van der Waals surface area contributed by atoms with Crippen molar-refractivity contribution in [1.29, 1.82) is 0 Å². The van der Waals surface area contributed by atoms with Crippen LogP contribution in [0, 0.1) is 0 Å². The quantitative estimate of drug-likeness (QED) is 0.731. The summed E-state index contributed by atoms with van der Waals surface area (Å²) in [6.45, 7) is 1.65. The van der Waals surface area contributed by atoms with Crippen molar-refractivity contribution in [1.82, 2.24) is 4.57 Å². The van der Waals surface area contributed by atoms with Gasteiger partial charge in [-0.3, -0.25) is 4.79 Å². The van der Waals surface area contributed by atoms with Crippen molar-refractivity contribution in [2.24, 2.45) is 7.05 Å². The molecule has 2 heteroatoms. The Morgan fingerprint density at radius 3 is 2.76 bits per heavy atom. The van der Waals surface area contributed by atoms with Crippen LogP contribution in [-0.4, -0.2) is 10.4 Å². The van der Waals surface area contributed by atoms with Crippen LogP contribution in [0.2, 0.25) is 0 Å². The summed E-state index contributed by atoms with van der Waals surface area (Å²) in [5.41, 5.74) is 4.78. The number of carbonyl (C=O) groups is 1. The van der Waals surface area contributed by atoms with E-state index in [1.807, 2.05) is 0 Å². The minimum atomic E-state index is 0.198. The van der Waals surface area contributed by atoms with Gasteiger partial charge in [-0.05, 0) is 37.5 Å². The number of hydrogen-bond acceptors (Lipinski definition) is 1. The van der Waals surface area contributed by atoms with E-state index in [2.05, 4.69) is 42.0 Å². The summed E-state index contributed by atoms with van der Waals surface area (Å²) >= 11 is 0. The van der Waals surface area contributed by atoms with Crippen molar-refractivity contribution in [3.8, 4) is 0 Å². The van der Waals surface area contributed by atoms with E-state index in [1.165, 1.54) is 22.2 Å². The molecule has 0 saturated heterocycles. The molecule has 2 aromatic rings. The summed E-state index contributed by atoms with van der Waals surface area (Å²) in [4.78, 5) is 11.5. The van der Waals surface area contributed by atoms with Crippen molar-refractivity contribution in [3.63, 3.8) is 0 Å². The lowest BCUT2D eigenvalue weighted by atomic mass is 9.94. The second-order valence-electron chi connectivity index (χ2n) is 4.66. The number of rotatable bonds is 1. The third-order valence-electron chi connectivity index (χ3n) is 3.67. The van der Waals surface area contributed by atoms with Crippen LogP contribution in [0.5, 0.6) is 0 Å². The number of hydrogen-bond donors (Lipinski definition) is 0. The molecule has 1 aliphatic rings. The molecule has 3 rings (SSSR count). The van der Waals surface area contributed by atoms with Crippen LogP contribution in [0.25, 0.3) is 17.0 Å². The smallest absolute Gasteiger partial charge is 0.155 e. The van der Waals surface area contributed by atoms with Crippen molar-refractivity contribution >= 4 is 22.8 Å². The number of benzene rings is 1. The monoisotopic (exact) mass is 225 g/mol. The highest BCUT2D eigenvalue weighted by atomic mass is 16.1. The van der Waals surface area contributed by atoms with Gasteiger partial charge in [-0.1, -0.05) is 18.2 Å². The first-order valence-corrected chi connectivity index (χ1v) is 5.96. The van der Waals surface area contributed by atoms with E-state index in [0.717, 1.165) is 18.4 Å². The van der Waals surface area contributed by atoms with Crippen LogP contribution < -0.4 is 0 Å². The fraction of sp³-hybridized carbons (Fsp3) is 0.267. The maximum absolute atomic E-state index is 11.5. The molecule has 0 bridgehead atoms. The second-order valence-corrected chi connectivity index (χ2v) is 4.66. The van der Waals surface area contributed by atoms with E-state index < -0.39 is 0 Å². The number of para-hydroxylation sites is 1. The van der Waals surface area contributed by atoms with E-state index in [1.54, 1.807) is 6.92 Å². The zero-order valence-corrected chi connectivity index (χ0v) is 10.2. The van der Waals surface area contributed by atoms with Crippen molar-refractivity contribution < 1.29 is 4.79 Å². The molecule has 1 aromatic heterocycles. The van der Waals surface area contributed by atoms with Crippen LogP contribution in [-0.2, 0) is 18.3 Å². The molecule has 1 aliphatic carbocycles. The Bertz CT molecular complexity index is 646. The Morgan fingerprint density at radius 2 is 2.00 bits per heavy atom. The summed E-state index contributed by atoms with van der Waals surface area (Å²) in [6, 6.07) is 8.38. The standard InChI is InChI=1S/C15H15NO/c1-10(17)11-7-8-15-13(9-11)12-5-3-4-6-14(12)16(15)2/h3-6,9H,7-8H2,1-2H3. The highest BCUT2D eigenvalue weighted by Crippen LogP contribution is 2.32. The zero-order valence-electron chi connectivity index (χ0n) is 10.2. The Kier molecular flexibility index (Phi) is 2.18. The highest BCUT2D eigenvalue weighted by Gasteiger charge is 2.19. The molecular weight excluding hydrogens is 210 g/mol. The summed E-state index contributed by atoms with van der Waals surface area (Å²) in [5.74, 6) is 0.198. The van der Waals surface area contributed by atoms with Gasteiger partial charge in [0.2, 0.25) is 0 Å². The molecule has 0 fully saturated rings. The average Bonchev–Trinajstić information content (AvgIpc) is 2.64. The zero-order chi connectivity index (χ0) is 12.0. The Hall–Kier alpha value is -1.83. The maximum Gasteiger partial charge on any atom is 0.155 e. The number of carbonyl (C=O) groups excluding carboxylic acids is 1. The van der Waals surface area contributed by atoms with Gasteiger partial charge in [-0.25, -0.2) is 0 Å². The summed E-state index contributed by atoms with van der Waals surface area (Å²) < 4.78 is 2.25. The number of allylic oxidation sites excluding steroid dienone is 1. The van der Waals surface area contributed by atoms with Crippen LogP contribution in [0.1, 0.15) is 24.6 Å². The average molecular weight is 225 g/mol. The molecule has 1 aromatic carbocycles. The minimum Gasteiger partial charge on any atom is -0.347 e. The maximum atomic E-state index is 11.5. The molecule has 2 nitrogen and oxygen atoms in total. The first kappa shape index (κ1) is 10.3. The largest absolute Gasteiger partial charge is 0.347 e. The van der Waals surface area contributed by atoms with Gasteiger partial charge >= 0.3 is 0 Å². The first-order chi connectivity index (χ1) is 8.18.